The van der Waals surface area contributed by atoms with Crippen molar-refractivity contribution in [2.45, 2.75) is 81.6 Å². The summed E-state index contributed by atoms with van der Waals surface area (Å²) in [5.74, 6) is 0.466. The Morgan fingerprint density at radius 2 is 1.35 bits per heavy atom. The molecule has 0 saturated carbocycles. The molecule has 0 bridgehead atoms. The molecular formula is C35H55LiN6O9S3. The summed E-state index contributed by atoms with van der Waals surface area (Å²) in [5.41, 5.74) is 1.08. The van der Waals surface area contributed by atoms with Crippen molar-refractivity contribution < 1.29 is 58.3 Å². The molecule has 0 aliphatic carbocycles. The number of ether oxygens (including phenoxy) is 3. The van der Waals surface area contributed by atoms with Crippen LogP contribution in [0.1, 0.15) is 71.6 Å². The van der Waals surface area contributed by atoms with Gasteiger partial charge in [0.2, 0.25) is 0 Å². The Morgan fingerprint density at radius 1 is 0.870 bits per heavy atom. The SMILES string of the molecule is CC(C#N)(C1CCOCC1)S(C)(=O)=O.CS(=O)(=O)C(C#N)C1CCOCC1.CS(=O)(=O)n1nnc2ccccc21.N#CCC1CCOCC1.[CH2-]CCC.[Li+]. The number of fused-ring (bicyclic) bond motifs is 1. The van der Waals surface area contributed by atoms with Gasteiger partial charge in [-0.1, -0.05) is 30.7 Å². The van der Waals surface area contributed by atoms with Crippen LogP contribution in [0, 0.1) is 58.7 Å². The fourth-order valence-corrected chi connectivity index (χ4v) is 8.32. The molecule has 19 heteroatoms. The molecule has 2 atom stereocenters. The zero-order valence-electron chi connectivity index (χ0n) is 32.5. The van der Waals surface area contributed by atoms with Crippen LogP contribution in [0.2, 0.25) is 0 Å². The van der Waals surface area contributed by atoms with E-state index in [1.807, 2.05) is 12.1 Å². The Hall–Kier alpha value is -2.58. The van der Waals surface area contributed by atoms with Crippen molar-refractivity contribution in [3.05, 3.63) is 31.2 Å². The van der Waals surface area contributed by atoms with Crippen LogP contribution >= 0.6 is 0 Å². The molecule has 2 unspecified atom stereocenters. The van der Waals surface area contributed by atoms with Crippen LogP contribution in [0.3, 0.4) is 0 Å². The van der Waals surface area contributed by atoms with Crippen molar-refractivity contribution in [1.29, 1.82) is 15.8 Å². The first-order valence-corrected chi connectivity index (χ1v) is 23.2. The molecule has 5 rings (SSSR count). The van der Waals surface area contributed by atoms with E-state index in [4.69, 9.17) is 30.0 Å². The van der Waals surface area contributed by atoms with Crippen LogP contribution in [0.5, 0.6) is 0 Å². The van der Waals surface area contributed by atoms with Crippen LogP contribution in [0.4, 0.5) is 0 Å². The number of nitriles is 3. The van der Waals surface area contributed by atoms with Crippen molar-refractivity contribution >= 4 is 40.7 Å². The summed E-state index contributed by atoms with van der Waals surface area (Å²) in [4.78, 5) is 0. The number of aromatic nitrogens is 3. The Kier molecular flexibility index (Phi) is 24.3. The average Bonchev–Trinajstić information content (AvgIpc) is 3.58. The number of hydrogen-bond donors (Lipinski definition) is 0. The third-order valence-corrected chi connectivity index (χ3v) is 13.3. The van der Waals surface area contributed by atoms with Gasteiger partial charge in [0.15, 0.2) is 29.7 Å². The second-order valence-corrected chi connectivity index (χ2v) is 19.5. The van der Waals surface area contributed by atoms with E-state index in [1.165, 1.54) is 13.3 Å². The molecule has 1 aromatic heterocycles. The molecule has 3 fully saturated rings. The van der Waals surface area contributed by atoms with E-state index in [0.29, 0.717) is 75.5 Å². The topological polar surface area (TPSA) is 232 Å². The Bertz CT molecular complexity index is 1840. The van der Waals surface area contributed by atoms with Gasteiger partial charge in [-0.25, -0.2) is 25.3 Å². The Balaban J connectivity index is 0.000000672. The van der Waals surface area contributed by atoms with Crippen LogP contribution in [0.15, 0.2) is 24.3 Å². The van der Waals surface area contributed by atoms with E-state index < -0.39 is 39.7 Å². The summed E-state index contributed by atoms with van der Waals surface area (Å²) >= 11 is 0. The quantitative estimate of drug-likeness (QED) is 0.284. The second-order valence-electron chi connectivity index (χ2n) is 13.2. The first-order chi connectivity index (χ1) is 24.9. The van der Waals surface area contributed by atoms with Crippen molar-refractivity contribution in [2.75, 3.05) is 58.4 Å². The second kappa shape index (κ2) is 25.6. The number of para-hydroxylation sites is 1. The zero-order valence-corrected chi connectivity index (χ0v) is 35.0. The molecule has 54 heavy (non-hydrogen) atoms. The monoisotopic (exact) mass is 806 g/mol. The van der Waals surface area contributed by atoms with E-state index in [9.17, 15) is 25.3 Å². The maximum atomic E-state index is 11.5. The van der Waals surface area contributed by atoms with Gasteiger partial charge in [0.1, 0.15) is 11.0 Å². The van der Waals surface area contributed by atoms with Crippen molar-refractivity contribution in [3.8, 4) is 18.2 Å². The maximum absolute atomic E-state index is 11.5. The third kappa shape index (κ3) is 17.5. The fraction of sp³-hybridized carbons (Fsp3) is 0.714. The van der Waals surface area contributed by atoms with Crippen molar-refractivity contribution in [2.24, 2.45) is 17.8 Å². The van der Waals surface area contributed by atoms with Crippen LogP contribution in [-0.4, -0.2) is 108 Å². The zero-order chi connectivity index (χ0) is 40.1. The molecule has 3 saturated heterocycles. The molecular weight excluding hydrogens is 752 g/mol. The van der Waals surface area contributed by atoms with Gasteiger partial charge < -0.3 is 21.1 Å². The van der Waals surface area contributed by atoms with Gasteiger partial charge >= 0.3 is 18.9 Å². The molecule has 3 aliphatic rings. The molecule has 3 aliphatic heterocycles. The molecule has 1 aromatic carbocycles. The molecule has 0 amide bonds. The first kappa shape index (κ1) is 51.4. The predicted molar refractivity (Wildman–Crippen MR) is 202 cm³/mol. The fourth-order valence-electron chi connectivity index (χ4n) is 5.47. The number of sulfone groups is 2. The first-order valence-electron chi connectivity index (χ1n) is 17.5. The van der Waals surface area contributed by atoms with Crippen molar-refractivity contribution in [3.63, 3.8) is 0 Å². The third-order valence-electron chi connectivity index (χ3n) is 8.99. The van der Waals surface area contributed by atoms with E-state index >= 15 is 0 Å². The molecule has 4 heterocycles. The summed E-state index contributed by atoms with van der Waals surface area (Å²) in [7, 11) is -9.91. The number of rotatable bonds is 7. The minimum Gasteiger partial charge on any atom is -0.381 e. The number of unbranched alkanes of at least 4 members (excludes halogenated alkanes) is 1. The summed E-state index contributed by atoms with van der Waals surface area (Å²) in [6, 6.07) is 12.9. The van der Waals surface area contributed by atoms with E-state index in [1.54, 1.807) is 24.3 Å². The van der Waals surface area contributed by atoms with Gasteiger partial charge in [0.05, 0.1) is 24.5 Å². The predicted octanol–water partition coefficient (Wildman–Crippen LogP) is 1.28. The largest absolute Gasteiger partial charge is 1.00 e. The number of hydrogen-bond acceptors (Lipinski definition) is 14. The van der Waals surface area contributed by atoms with Crippen LogP contribution in [-0.2, 0) is 43.9 Å². The molecule has 298 valence electrons. The Labute approximate surface area is 334 Å². The smallest absolute Gasteiger partial charge is 0.381 e. The standard InChI is InChI=1S/C9H15NO3S.C8H13NO3S.C7H7N3O2S.C7H11NO.C4H9.Li/c1-9(7-10,14(2,11)12)8-3-5-13-6-4-8;1-13(10,11)8(6-9)7-2-4-12-5-3-7;1-13(11,12)10-7-5-3-2-4-6(7)8-9-10;8-4-1-7-2-5-9-6-3-7;1-3-4-2;/h8H,3-6H2,1-2H3;7-8H,2-5H2,1H3;2-5H,1H3;7H,1-3,5-6H2;1,3-4H2,2H3;/q;;;;-1;+1. The minimum absolute atomic E-state index is 0. The Morgan fingerprint density at radius 3 is 1.76 bits per heavy atom. The van der Waals surface area contributed by atoms with Gasteiger partial charge in [-0.2, -0.15) is 22.2 Å². The normalized spacial score (nSPS) is 18.5. The summed E-state index contributed by atoms with van der Waals surface area (Å²) in [6.07, 6.45) is 11.1. The molecule has 15 nitrogen and oxygen atoms in total. The van der Waals surface area contributed by atoms with Gasteiger partial charge in [-0.3, -0.25) is 0 Å². The van der Waals surface area contributed by atoms with Crippen molar-refractivity contribution in [1.82, 2.24) is 14.4 Å². The number of benzene rings is 1. The summed E-state index contributed by atoms with van der Waals surface area (Å²) in [6.45, 7) is 11.2. The van der Waals surface area contributed by atoms with Gasteiger partial charge in [0.25, 0.3) is 10.0 Å². The summed E-state index contributed by atoms with van der Waals surface area (Å²) < 4.78 is 82.8. The van der Waals surface area contributed by atoms with Crippen LogP contribution in [0.25, 0.3) is 11.0 Å². The molecule has 0 radical (unpaired) electrons. The van der Waals surface area contributed by atoms with E-state index in [2.05, 4.69) is 30.2 Å². The molecule has 2 aromatic rings. The number of nitrogens with zero attached hydrogens (tertiary/aromatic N) is 6. The molecule has 0 spiro atoms. The summed E-state index contributed by atoms with van der Waals surface area (Å²) in [5, 5.41) is 32.5. The molecule has 0 N–H and O–H groups in total. The minimum atomic E-state index is -3.34. The average molecular weight is 807 g/mol. The van der Waals surface area contributed by atoms with E-state index in [0.717, 1.165) is 55.3 Å². The van der Waals surface area contributed by atoms with Gasteiger partial charge in [0, 0.05) is 58.6 Å². The maximum Gasteiger partial charge on any atom is 1.00 e. The van der Waals surface area contributed by atoms with Gasteiger partial charge in [-0.05, 0) is 75.3 Å². The van der Waals surface area contributed by atoms with Gasteiger partial charge in [-0.15, -0.1) is 9.19 Å². The van der Waals surface area contributed by atoms with Crippen LogP contribution < -0.4 is 18.9 Å². The van der Waals surface area contributed by atoms with E-state index in [-0.39, 0.29) is 30.7 Å².